The average Bonchev–Trinajstić information content (AvgIpc) is 3.17. The van der Waals surface area contributed by atoms with Gasteiger partial charge >= 0.3 is 5.97 Å². The number of hydrogen-bond donors (Lipinski definition) is 1. The van der Waals surface area contributed by atoms with E-state index in [0.29, 0.717) is 18.0 Å². The lowest BCUT2D eigenvalue weighted by Gasteiger charge is -2.16. The van der Waals surface area contributed by atoms with E-state index in [2.05, 4.69) is 0 Å². The predicted molar refractivity (Wildman–Crippen MR) is 69.6 cm³/mol. The number of carbonyl (C=O) groups is 2. The minimum absolute atomic E-state index is 0.0666. The highest BCUT2D eigenvalue weighted by atomic mass is 19.1. The first-order valence-corrected chi connectivity index (χ1v) is 6.84. The smallest absolute Gasteiger partial charge is 0.308 e. The van der Waals surface area contributed by atoms with Crippen molar-refractivity contribution in [2.24, 2.45) is 17.8 Å². The van der Waals surface area contributed by atoms with Crippen LogP contribution in [0.25, 0.3) is 0 Å². The van der Waals surface area contributed by atoms with Gasteiger partial charge in [0.25, 0.3) is 5.91 Å². The van der Waals surface area contributed by atoms with E-state index in [1.807, 2.05) is 0 Å². The fraction of sp³-hybridized carbons (Fsp3) is 0.467. The van der Waals surface area contributed by atoms with Crippen molar-refractivity contribution in [3.8, 4) is 0 Å². The van der Waals surface area contributed by atoms with E-state index in [1.54, 1.807) is 4.90 Å². The van der Waals surface area contributed by atoms with Gasteiger partial charge in [-0.3, -0.25) is 9.59 Å². The topological polar surface area (TPSA) is 57.6 Å². The second-order valence-corrected chi connectivity index (χ2v) is 5.66. The number of carboxylic acid groups (broad SMARTS) is 1. The Bertz CT molecular complexity index is 539. The van der Waals surface area contributed by atoms with E-state index in [0.717, 1.165) is 12.8 Å². The molecule has 4 nitrogen and oxygen atoms in total. The third kappa shape index (κ3) is 2.40. The molecule has 2 atom stereocenters. The molecule has 106 valence electrons. The summed E-state index contributed by atoms with van der Waals surface area (Å²) in [7, 11) is 0. The maximum atomic E-state index is 12.9. The second kappa shape index (κ2) is 4.89. The van der Waals surface area contributed by atoms with Crippen LogP contribution in [0.3, 0.4) is 0 Å². The molecule has 0 unspecified atom stereocenters. The van der Waals surface area contributed by atoms with Gasteiger partial charge in [0.15, 0.2) is 0 Å². The number of aliphatic carboxylic acids is 1. The number of carbonyl (C=O) groups excluding carboxylic acids is 1. The van der Waals surface area contributed by atoms with Crippen LogP contribution in [0.5, 0.6) is 0 Å². The highest BCUT2D eigenvalue weighted by Gasteiger charge is 2.46. The van der Waals surface area contributed by atoms with E-state index in [-0.39, 0.29) is 24.2 Å². The number of nitrogens with zero attached hydrogens (tertiary/aromatic N) is 1. The summed E-state index contributed by atoms with van der Waals surface area (Å²) in [6.45, 7) is 0.755. The number of benzene rings is 1. The predicted octanol–water partition coefficient (Wildman–Crippen LogP) is 2.01. The molecule has 1 aromatic rings. The SMILES string of the molecule is O=C(O)[C@H]1CN(C(=O)c2ccc(F)cc2)C[C@@H]1C1CC1. The molecule has 2 fully saturated rings. The van der Waals surface area contributed by atoms with Gasteiger partial charge in [0, 0.05) is 18.7 Å². The normalized spacial score (nSPS) is 25.8. The van der Waals surface area contributed by atoms with Crippen LogP contribution in [-0.4, -0.2) is 35.0 Å². The van der Waals surface area contributed by atoms with E-state index < -0.39 is 11.9 Å². The van der Waals surface area contributed by atoms with Crippen molar-refractivity contribution in [1.82, 2.24) is 4.90 Å². The van der Waals surface area contributed by atoms with Crippen molar-refractivity contribution in [2.75, 3.05) is 13.1 Å². The summed E-state index contributed by atoms with van der Waals surface area (Å²) in [6.07, 6.45) is 2.13. The first kappa shape index (κ1) is 13.1. The molecule has 1 aliphatic heterocycles. The molecule has 3 rings (SSSR count). The summed E-state index contributed by atoms with van der Waals surface area (Å²) in [4.78, 5) is 25.2. The molecule has 2 aliphatic rings. The Morgan fingerprint density at radius 3 is 2.35 bits per heavy atom. The van der Waals surface area contributed by atoms with Crippen LogP contribution in [0.4, 0.5) is 4.39 Å². The van der Waals surface area contributed by atoms with Gasteiger partial charge in [0.2, 0.25) is 0 Å². The summed E-state index contributed by atoms with van der Waals surface area (Å²) in [5, 5.41) is 9.28. The maximum absolute atomic E-state index is 12.9. The molecule has 0 spiro atoms. The number of halogens is 1. The lowest BCUT2D eigenvalue weighted by Crippen LogP contribution is -2.29. The van der Waals surface area contributed by atoms with Gasteiger partial charge in [-0.05, 0) is 48.9 Å². The molecule has 0 aromatic heterocycles. The molecule has 1 saturated heterocycles. The second-order valence-electron chi connectivity index (χ2n) is 5.66. The van der Waals surface area contributed by atoms with Crippen LogP contribution in [0.2, 0.25) is 0 Å². The van der Waals surface area contributed by atoms with Crippen molar-refractivity contribution in [1.29, 1.82) is 0 Å². The Morgan fingerprint density at radius 2 is 1.80 bits per heavy atom. The number of amides is 1. The largest absolute Gasteiger partial charge is 0.481 e. The van der Waals surface area contributed by atoms with Gasteiger partial charge < -0.3 is 10.0 Å². The average molecular weight is 277 g/mol. The van der Waals surface area contributed by atoms with Crippen LogP contribution in [0.1, 0.15) is 23.2 Å². The van der Waals surface area contributed by atoms with Crippen LogP contribution < -0.4 is 0 Å². The van der Waals surface area contributed by atoms with Gasteiger partial charge in [-0.25, -0.2) is 4.39 Å². The lowest BCUT2D eigenvalue weighted by molar-refractivity contribution is -0.142. The van der Waals surface area contributed by atoms with Crippen molar-refractivity contribution >= 4 is 11.9 Å². The van der Waals surface area contributed by atoms with Gasteiger partial charge in [0.1, 0.15) is 5.82 Å². The maximum Gasteiger partial charge on any atom is 0.308 e. The van der Waals surface area contributed by atoms with Crippen molar-refractivity contribution in [2.45, 2.75) is 12.8 Å². The minimum atomic E-state index is -0.823. The van der Waals surface area contributed by atoms with Gasteiger partial charge in [0.05, 0.1) is 5.92 Å². The zero-order valence-electron chi connectivity index (χ0n) is 11.0. The molecule has 1 saturated carbocycles. The minimum Gasteiger partial charge on any atom is -0.481 e. The Hall–Kier alpha value is -1.91. The summed E-state index contributed by atoms with van der Waals surface area (Å²) in [5.41, 5.74) is 0.409. The highest BCUT2D eigenvalue weighted by molar-refractivity contribution is 5.94. The van der Waals surface area contributed by atoms with Gasteiger partial charge in [-0.15, -0.1) is 0 Å². The molecular weight excluding hydrogens is 261 g/mol. The third-order valence-electron chi connectivity index (χ3n) is 4.29. The molecule has 20 heavy (non-hydrogen) atoms. The van der Waals surface area contributed by atoms with E-state index in [9.17, 15) is 19.1 Å². The molecular formula is C15H16FNO3. The molecule has 1 N–H and O–H groups in total. The molecule has 1 aliphatic carbocycles. The third-order valence-corrected chi connectivity index (χ3v) is 4.29. The van der Waals surface area contributed by atoms with E-state index in [1.165, 1.54) is 24.3 Å². The van der Waals surface area contributed by atoms with Gasteiger partial charge in [-0.2, -0.15) is 0 Å². The zero-order chi connectivity index (χ0) is 14.3. The molecule has 0 bridgehead atoms. The Kier molecular flexibility index (Phi) is 3.20. The number of likely N-dealkylation sites (tertiary alicyclic amines) is 1. The van der Waals surface area contributed by atoms with Crippen LogP contribution in [-0.2, 0) is 4.79 Å². The summed E-state index contributed by atoms with van der Waals surface area (Å²) in [6, 6.07) is 5.38. The summed E-state index contributed by atoms with van der Waals surface area (Å²) >= 11 is 0. The van der Waals surface area contributed by atoms with Crippen molar-refractivity contribution in [3.63, 3.8) is 0 Å². The monoisotopic (exact) mass is 277 g/mol. The highest BCUT2D eigenvalue weighted by Crippen LogP contribution is 2.44. The Balaban J connectivity index is 1.76. The zero-order valence-corrected chi connectivity index (χ0v) is 11.0. The summed E-state index contributed by atoms with van der Waals surface area (Å²) in [5.74, 6) is -1.37. The standard InChI is InChI=1S/C15H16FNO3/c16-11-5-3-10(4-6-11)14(18)17-7-12(9-1-2-9)13(8-17)15(19)20/h3-6,9,12-13H,1-2,7-8H2,(H,19,20)/t12-,13+/m1/s1. The Labute approximate surface area is 116 Å². The molecule has 5 heteroatoms. The van der Waals surface area contributed by atoms with Crippen molar-refractivity contribution in [3.05, 3.63) is 35.6 Å². The van der Waals surface area contributed by atoms with E-state index in [4.69, 9.17) is 0 Å². The first-order valence-electron chi connectivity index (χ1n) is 6.84. The molecule has 0 radical (unpaired) electrons. The molecule has 1 aromatic carbocycles. The number of rotatable bonds is 3. The van der Waals surface area contributed by atoms with Gasteiger partial charge in [-0.1, -0.05) is 0 Å². The number of hydrogen-bond acceptors (Lipinski definition) is 2. The Morgan fingerprint density at radius 1 is 1.15 bits per heavy atom. The van der Waals surface area contributed by atoms with Crippen molar-refractivity contribution < 1.29 is 19.1 Å². The quantitative estimate of drug-likeness (QED) is 0.919. The van der Waals surface area contributed by atoms with Crippen LogP contribution >= 0.6 is 0 Å². The molecule has 1 amide bonds. The van der Waals surface area contributed by atoms with Crippen LogP contribution in [0, 0.1) is 23.6 Å². The fourth-order valence-electron chi connectivity index (χ4n) is 3.03. The molecule has 1 heterocycles. The number of carboxylic acids is 1. The first-order chi connectivity index (χ1) is 9.56. The fourth-order valence-corrected chi connectivity index (χ4v) is 3.03. The van der Waals surface area contributed by atoms with E-state index >= 15 is 0 Å². The summed E-state index contributed by atoms with van der Waals surface area (Å²) < 4.78 is 12.9. The van der Waals surface area contributed by atoms with Crippen LogP contribution in [0.15, 0.2) is 24.3 Å². The lowest BCUT2D eigenvalue weighted by atomic mass is 9.92.